The monoisotopic (exact) mass is 433 g/mol. The van der Waals surface area contributed by atoms with Gasteiger partial charge in [-0.05, 0) is 36.6 Å². The number of esters is 1. The number of aromatic nitrogens is 5. The number of carbonyl (C=O) groups excluding carboxylic acids is 1. The minimum Gasteiger partial charge on any atom is -0.456 e. The normalized spacial score (nSPS) is 11.1. The first kappa shape index (κ1) is 18.6. The van der Waals surface area contributed by atoms with Crippen LogP contribution in [0, 0.1) is 6.92 Å². The fourth-order valence-corrected chi connectivity index (χ4v) is 4.53. The van der Waals surface area contributed by atoms with Gasteiger partial charge in [-0.1, -0.05) is 6.07 Å². The lowest BCUT2D eigenvalue weighted by molar-refractivity contribution is 0.0468. The smallest absolute Gasteiger partial charge is 0.340 e. The maximum Gasteiger partial charge on any atom is 0.340 e. The van der Waals surface area contributed by atoms with Gasteiger partial charge >= 0.3 is 5.97 Å². The van der Waals surface area contributed by atoms with E-state index in [1.54, 1.807) is 28.3 Å². The van der Waals surface area contributed by atoms with Gasteiger partial charge in [0.05, 0.1) is 17.0 Å². The second-order valence-electron chi connectivity index (χ2n) is 6.51. The van der Waals surface area contributed by atoms with Crippen molar-refractivity contribution in [2.45, 2.75) is 13.5 Å². The van der Waals surface area contributed by atoms with Gasteiger partial charge in [0.1, 0.15) is 11.6 Å². The molecule has 30 heavy (non-hydrogen) atoms. The second-order valence-corrected chi connectivity index (χ2v) is 8.15. The molecule has 5 aromatic rings. The van der Waals surface area contributed by atoms with Crippen molar-refractivity contribution in [1.29, 1.82) is 0 Å². The summed E-state index contributed by atoms with van der Waals surface area (Å²) < 4.78 is 7.12. The number of aryl methyl sites for hydroxylation is 1. The van der Waals surface area contributed by atoms with Crippen LogP contribution < -0.4 is 0 Å². The molecule has 0 aromatic carbocycles. The quantitative estimate of drug-likeness (QED) is 0.375. The molecule has 0 unspecified atom stereocenters. The number of nitrogens with zero attached hydrogens (tertiary/aromatic N) is 5. The van der Waals surface area contributed by atoms with Crippen LogP contribution in [0.4, 0.5) is 0 Å². The molecule has 9 heteroatoms. The summed E-state index contributed by atoms with van der Waals surface area (Å²) in [5, 5.41) is 12.2. The van der Waals surface area contributed by atoms with Crippen molar-refractivity contribution in [3.8, 4) is 16.4 Å². The van der Waals surface area contributed by atoms with Crippen LogP contribution in [0.15, 0.2) is 58.9 Å². The molecule has 7 nitrogen and oxygen atoms in total. The fraction of sp³-hybridized carbons (Fsp3) is 0.0952. The average Bonchev–Trinajstić information content (AvgIpc) is 3.53. The molecule has 0 aliphatic carbocycles. The molecular weight excluding hydrogens is 418 g/mol. The fourth-order valence-electron chi connectivity index (χ4n) is 3.01. The highest BCUT2D eigenvalue weighted by molar-refractivity contribution is 7.14. The van der Waals surface area contributed by atoms with E-state index in [0.717, 1.165) is 27.3 Å². The molecule has 5 aromatic heterocycles. The largest absolute Gasteiger partial charge is 0.456 e. The topological polar surface area (TPSA) is 82.8 Å². The molecule has 0 atom stereocenters. The number of rotatable bonds is 5. The zero-order valence-electron chi connectivity index (χ0n) is 15.8. The number of hydrogen-bond donors (Lipinski definition) is 0. The minimum absolute atomic E-state index is 0.115. The summed E-state index contributed by atoms with van der Waals surface area (Å²) in [6.07, 6.45) is 3.20. The van der Waals surface area contributed by atoms with Gasteiger partial charge in [0, 0.05) is 34.1 Å². The summed E-state index contributed by atoms with van der Waals surface area (Å²) in [6.45, 7) is 1.99. The Balaban J connectivity index is 1.35. The van der Waals surface area contributed by atoms with Gasteiger partial charge in [-0.2, -0.15) is 21.1 Å². The van der Waals surface area contributed by atoms with Crippen LogP contribution in [0.25, 0.3) is 27.4 Å². The highest BCUT2D eigenvalue weighted by atomic mass is 32.1. The molecule has 5 rings (SSSR count). The van der Waals surface area contributed by atoms with E-state index >= 15 is 0 Å². The maximum atomic E-state index is 12.6. The summed E-state index contributed by atoms with van der Waals surface area (Å²) in [5.41, 5.74) is 3.58. The molecule has 0 spiro atoms. The Morgan fingerprint density at radius 3 is 2.93 bits per heavy atom. The van der Waals surface area contributed by atoms with Crippen molar-refractivity contribution < 1.29 is 9.53 Å². The van der Waals surface area contributed by atoms with Crippen LogP contribution in [-0.4, -0.2) is 30.7 Å². The Bertz CT molecular complexity index is 1330. The third-order valence-corrected chi connectivity index (χ3v) is 6.10. The number of carbonyl (C=O) groups is 1. The molecule has 0 amide bonds. The summed E-state index contributed by atoms with van der Waals surface area (Å²) >= 11 is 3.16. The maximum absolute atomic E-state index is 12.6. The number of thiophene rings is 1. The molecule has 0 saturated heterocycles. The predicted molar refractivity (Wildman–Crippen MR) is 116 cm³/mol. The predicted octanol–water partition coefficient (Wildman–Crippen LogP) is 4.67. The van der Waals surface area contributed by atoms with E-state index in [-0.39, 0.29) is 6.61 Å². The lowest BCUT2D eigenvalue weighted by atomic mass is 10.2. The average molecular weight is 434 g/mol. The first-order valence-electron chi connectivity index (χ1n) is 9.10. The van der Waals surface area contributed by atoms with Gasteiger partial charge < -0.3 is 4.74 Å². The van der Waals surface area contributed by atoms with Crippen molar-refractivity contribution >= 4 is 39.7 Å². The lowest BCUT2D eigenvalue weighted by Crippen LogP contribution is -2.06. The van der Waals surface area contributed by atoms with Gasteiger partial charge in [-0.3, -0.25) is 0 Å². The van der Waals surface area contributed by atoms with Crippen molar-refractivity contribution in [2.24, 2.45) is 0 Å². The van der Waals surface area contributed by atoms with Crippen LogP contribution in [0.3, 0.4) is 0 Å². The Morgan fingerprint density at radius 1 is 1.20 bits per heavy atom. The number of fused-ring (bicyclic) bond motifs is 1. The van der Waals surface area contributed by atoms with E-state index in [4.69, 9.17) is 4.74 Å². The van der Waals surface area contributed by atoms with Crippen molar-refractivity contribution in [2.75, 3.05) is 0 Å². The van der Waals surface area contributed by atoms with Gasteiger partial charge in [-0.15, -0.1) is 11.3 Å². The van der Waals surface area contributed by atoms with Crippen LogP contribution in [0.5, 0.6) is 0 Å². The summed E-state index contributed by atoms with van der Waals surface area (Å²) in [6, 6.07) is 9.36. The molecular formula is C21H15N5O2S2. The number of pyridine rings is 2. The molecule has 148 valence electrons. The van der Waals surface area contributed by atoms with Crippen LogP contribution in [0.2, 0.25) is 0 Å². The van der Waals surface area contributed by atoms with Gasteiger partial charge in [0.25, 0.3) is 0 Å². The SMILES string of the molecule is Cc1nn(-c2ccccn2)c2ncc(C(=O)OCc3csc(-c4ccsc4)n3)cc12. The van der Waals surface area contributed by atoms with Crippen LogP contribution in [0.1, 0.15) is 21.7 Å². The summed E-state index contributed by atoms with van der Waals surface area (Å²) in [7, 11) is 0. The van der Waals surface area contributed by atoms with E-state index in [0.29, 0.717) is 17.0 Å². The molecule has 0 N–H and O–H groups in total. The van der Waals surface area contributed by atoms with E-state index in [1.165, 1.54) is 17.5 Å². The molecule has 0 bridgehead atoms. The lowest BCUT2D eigenvalue weighted by Gasteiger charge is -2.04. The van der Waals surface area contributed by atoms with Crippen molar-refractivity contribution in [3.63, 3.8) is 0 Å². The molecule has 5 heterocycles. The Kier molecular flexibility index (Phi) is 4.82. The first-order chi connectivity index (χ1) is 14.7. The summed E-state index contributed by atoms with van der Waals surface area (Å²) in [5.74, 6) is 0.225. The molecule has 0 radical (unpaired) electrons. The van der Waals surface area contributed by atoms with E-state index in [9.17, 15) is 4.79 Å². The Morgan fingerprint density at radius 2 is 2.13 bits per heavy atom. The zero-order valence-corrected chi connectivity index (χ0v) is 17.5. The number of thiazole rings is 1. The second kappa shape index (κ2) is 7.77. The zero-order chi connectivity index (χ0) is 20.5. The number of ether oxygens (including phenoxy) is 1. The molecule has 0 aliphatic rings. The number of hydrogen-bond acceptors (Lipinski definition) is 8. The van der Waals surface area contributed by atoms with Gasteiger partial charge in [0.15, 0.2) is 11.5 Å². The third-order valence-electron chi connectivity index (χ3n) is 4.48. The Labute approximate surface area is 179 Å². The van der Waals surface area contributed by atoms with Gasteiger partial charge in [0.2, 0.25) is 0 Å². The van der Waals surface area contributed by atoms with E-state index in [1.807, 2.05) is 47.3 Å². The van der Waals surface area contributed by atoms with Crippen molar-refractivity contribution in [1.82, 2.24) is 24.7 Å². The van der Waals surface area contributed by atoms with E-state index < -0.39 is 5.97 Å². The first-order valence-corrected chi connectivity index (χ1v) is 10.9. The van der Waals surface area contributed by atoms with Crippen LogP contribution in [-0.2, 0) is 11.3 Å². The highest BCUT2D eigenvalue weighted by Gasteiger charge is 2.16. The molecule has 0 aliphatic heterocycles. The minimum atomic E-state index is -0.445. The highest BCUT2D eigenvalue weighted by Crippen LogP contribution is 2.26. The van der Waals surface area contributed by atoms with Crippen molar-refractivity contribution in [3.05, 3.63) is 75.8 Å². The Hall–Kier alpha value is -3.43. The standard InChI is InChI=1S/C21H15N5O2S2/c1-13-17-8-15(9-23-19(17)26(25-13)18-4-2-3-6-22-18)21(27)28-10-16-12-30-20(24-16)14-5-7-29-11-14/h2-9,11-12H,10H2,1H3. The summed E-state index contributed by atoms with van der Waals surface area (Å²) in [4.78, 5) is 25.8. The van der Waals surface area contributed by atoms with E-state index in [2.05, 4.69) is 20.1 Å². The molecule has 0 fully saturated rings. The molecule has 0 saturated carbocycles. The van der Waals surface area contributed by atoms with Gasteiger partial charge in [-0.25, -0.2) is 19.7 Å². The van der Waals surface area contributed by atoms with Crippen LogP contribution >= 0.6 is 22.7 Å². The third kappa shape index (κ3) is 3.49.